The van der Waals surface area contributed by atoms with Crippen LogP contribution in [0.4, 0.5) is 5.69 Å². The molecule has 1 aliphatic heterocycles. The van der Waals surface area contributed by atoms with Gasteiger partial charge in [-0.15, -0.1) is 0 Å². The molecule has 1 N–H and O–H groups in total. The fourth-order valence-electron chi connectivity index (χ4n) is 4.40. The molecule has 1 unspecified atom stereocenters. The fraction of sp³-hybridized carbons (Fsp3) is 0.154. The van der Waals surface area contributed by atoms with Crippen molar-refractivity contribution >= 4 is 22.2 Å². The first kappa shape index (κ1) is 16.9. The molecule has 2 heterocycles. The van der Waals surface area contributed by atoms with Crippen LogP contribution in [-0.4, -0.2) is 4.57 Å². The summed E-state index contributed by atoms with van der Waals surface area (Å²) < 4.78 is 2.30. The second kappa shape index (κ2) is 6.42. The molecule has 0 saturated carbocycles. The van der Waals surface area contributed by atoms with Crippen molar-refractivity contribution in [2.75, 3.05) is 5.32 Å². The Morgan fingerprint density at radius 3 is 2.21 bits per heavy atom. The van der Waals surface area contributed by atoms with E-state index >= 15 is 0 Å². The van der Waals surface area contributed by atoms with Gasteiger partial charge in [-0.3, -0.25) is 0 Å². The Hall–Kier alpha value is -3.26. The third kappa shape index (κ3) is 2.49. The predicted octanol–water partition coefficient (Wildman–Crippen LogP) is 6.39. The maximum absolute atomic E-state index is 3.85. The van der Waals surface area contributed by atoms with Crippen LogP contribution in [0, 0.1) is 13.8 Å². The summed E-state index contributed by atoms with van der Waals surface area (Å²) in [6, 6.07) is 26.1. The topological polar surface area (TPSA) is 17.0 Å². The summed E-state index contributed by atoms with van der Waals surface area (Å²) >= 11 is 0. The van der Waals surface area contributed by atoms with Gasteiger partial charge in [0.05, 0.1) is 17.2 Å². The number of fused-ring (bicyclic) bond motifs is 3. The van der Waals surface area contributed by atoms with Crippen LogP contribution in [0.1, 0.15) is 34.0 Å². The van der Waals surface area contributed by atoms with Gasteiger partial charge < -0.3 is 9.88 Å². The summed E-state index contributed by atoms with van der Waals surface area (Å²) in [5.41, 5.74) is 10.3. The third-order valence-electron chi connectivity index (χ3n) is 6.13. The molecule has 4 aromatic rings. The summed E-state index contributed by atoms with van der Waals surface area (Å²) in [4.78, 5) is 0. The molecule has 0 aliphatic carbocycles. The fourth-order valence-corrected chi connectivity index (χ4v) is 4.40. The number of aryl methyl sites for hydroxylation is 2. The van der Waals surface area contributed by atoms with Gasteiger partial charge in [0.1, 0.15) is 0 Å². The molecule has 0 spiro atoms. The first-order valence-electron chi connectivity index (χ1n) is 9.83. The Morgan fingerprint density at radius 1 is 0.821 bits per heavy atom. The number of hydrogen-bond donors (Lipinski definition) is 1. The van der Waals surface area contributed by atoms with Crippen molar-refractivity contribution in [2.45, 2.75) is 19.9 Å². The Bertz CT molecular complexity index is 1200. The van der Waals surface area contributed by atoms with Crippen LogP contribution in [0.25, 0.3) is 16.5 Å². The quantitative estimate of drug-likeness (QED) is 0.436. The molecular formula is C26H24N2. The van der Waals surface area contributed by atoms with Gasteiger partial charge in [-0.05, 0) is 48.3 Å². The Labute approximate surface area is 166 Å². The van der Waals surface area contributed by atoms with Gasteiger partial charge in [0.15, 0.2) is 0 Å². The monoisotopic (exact) mass is 364 g/mol. The molecule has 2 heteroatoms. The van der Waals surface area contributed by atoms with Gasteiger partial charge >= 0.3 is 0 Å². The Kier molecular flexibility index (Phi) is 3.87. The van der Waals surface area contributed by atoms with E-state index in [9.17, 15) is 0 Å². The van der Waals surface area contributed by atoms with E-state index in [4.69, 9.17) is 0 Å². The smallest absolute Gasteiger partial charge is 0.0707 e. The summed E-state index contributed by atoms with van der Waals surface area (Å²) in [6.45, 7) is 4.44. The summed E-state index contributed by atoms with van der Waals surface area (Å²) in [6.07, 6.45) is 2.37. The van der Waals surface area contributed by atoms with Crippen molar-refractivity contribution < 1.29 is 0 Å². The minimum atomic E-state index is 0.148. The van der Waals surface area contributed by atoms with Gasteiger partial charge in [0.2, 0.25) is 0 Å². The van der Waals surface area contributed by atoms with Gasteiger partial charge in [-0.1, -0.05) is 66.7 Å². The SMILES string of the molecule is Cc1c(C)n(C)c2ccc3c(c12)NC(c1ccccc1)C=C3c1ccccc1. The first-order chi connectivity index (χ1) is 13.6. The van der Waals surface area contributed by atoms with Gasteiger partial charge in [0.25, 0.3) is 0 Å². The molecule has 0 amide bonds. The van der Waals surface area contributed by atoms with E-state index in [1.54, 1.807) is 0 Å². The van der Waals surface area contributed by atoms with Crippen molar-refractivity contribution in [3.8, 4) is 0 Å². The lowest BCUT2D eigenvalue weighted by molar-refractivity contribution is 0.910. The van der Waals surface area contributed by atoms with E-state index in [-0.39, 0.29) is 6.04 Å². The summed E-state index contributed by atoms with van der Waals surface area (Å²) in [5, 5.41) is 5.18. The lowest BCUT2D eigenvalue weighted by atomic mass is 9.88. The summed E-state index contributed by atoms with van der Waals surface area (Å²) in [5.74, 6) is 0. The maximum atomic E-state index is 3.85. The zero-order valence-electron chi connectivity index (χ0n) is 16.5. The van der Waals surface area contributed by atoms with E-state index in [0.717, 1.165) is 0 Å². The molecule has 5 rings (SSSR count). The molecule has 1 aromatic heterocycles. The lowest BCUT2D eigenvalue weighted by Gasteiger charge is -2.28. The van der Waals surface area contributed by atoms with Crippen LogP contribution in [-0.2, 0) is 7.05 Å². The van der Waals surface area contributed by atoms with Crippen LogP contribution >= 0.6 is 0 Å². The van der Waals surface area contributed by atoms with Crippen LogP contribution < -0.4 is 5.32 Å². The molecule has 0 radical (unpaired) electrons. The number of nitrogens with zero attached hydrogens (tertiary/aromatic N) is 1. The van der Waals surface area contributed by atoms with Gasteiger partial charge in [-0.25, -0.2) is 0 Å². The molecule has 1 aliphatic rings. The Balaban J connectivity index is 1.80. The average Bonchev–Trinajstić information content (AvgIpc) is 2.98. The van der Waals surface area contributed by atoms with Crippen molar-refractivity contribution in [3.05, 3.63) is 107 Å². The van der Waals surface area contributed by atoms with Crippen molar-refractivity contribution in [3.63, 3.8) is 0 Å². The number of aromatic nitrogens is 1. The molecule has 0 bridgehead atoms. The van der Waals surface area contributed by atoms with Crippen LogP contribution in [0.5, 0.6) is 0 Å². The number of rotatable bonds is 2. The number of benzene rings is 3. The molecule has 0 fully saturated rings. The molecule has 3 aromatic carbocycles. The van der Waals surface area contributed by atoms with Crippen molar-refractivity contribution in [2.24, 2.45) is 7.05 Å². The highest BCUT2D eigenvalue weighted by atomic mass is 15.0. The standard InChI is InChI=1S/C26H24N2/c1-17-18(2)28(3)24-15-14-21-22(19-10-6-4-7-11-19)16-23(27-26(21)25(17)24)20-12-8-5-9-13-20/h4-16,23,27H,1-3H3. The van der Waals surface area contributed by atoms with E-state index < -0.39 is 0 Å². The van der Waals surface area contributed by atoms with Crippen LogP contribution in [0.15, 0.2) is 78.9 Å². The van der Waals surface area contributed by atoms with E-state index in [2.05, 4.69) is 110 Å². The van der Waals surface area contributed by atoms with E-state index in [1.807, 2.05) is 0 Å². The Morgan fingerprint density at radius 2 is 1.50 bits per heavy atom. The van der Waals surface area contributed by atoms with Gasteiger partial charge in [0, 0.05) is 23.7 Å². The lowest BCUT2D eigenvalue weighted by Crippen LogP contribution is -2.15. The predicted molar refractivity (Wildman–Crippen MR) is 119 cm³/mol. The average molecular weight is 364 g/mol. The van der Waals surface area contributed by atoms with E-state index in [1.165, 1.54) is 50.1 Å². The first-order valence-corrected chi connectivity index (χ1v) is 9.83. The second-order valence-corrected chi connectivity index (χ2v) is 7.63. The van der Waals surface area contributed by atoms with Gasteiger partial charge in [-0.2, -0.15) is 0 Å². The van der Waals surface area contributed by atoms with Crippen molar-refractivity contribution in [1.29, 1.82) is 0 Å². The maximum Gasteiger partial charge on any atom is 0.0707 e. The van der Waals surface area contributed by atoms with Crippen LogP contribution in [0.2, 0.25) is 0 Å². The van der Waals surface area contributed by atoms with Crippen molar-refractivity contribution in [1.82, 2.24) is 4.57 Å². The molecule has 2 nitrogen and oxygen atoms in total. The molecule has 28 heavy (non-hydrogen) atoms. The largest absolute Gasteiger partial charge is 0.374 e. The number of hydrogen-bond acceptors (Lipinski definition) is 1. The minimum Gasteiger partial charge on any atom is -0.374 e. The highest BCUT2D eigenvalue weighted by molar-refractivity contribution is 6.04. The van der Waals surface area contributed by atoms with E-state index in [0.29, 0.717) is 0 Å². The highest BCUT2D eigenvalue weighted by Crippen LogP contribution is 2.44. The highest BCUT2D eigenvalue weighted by Gasteiger charge is 2.25. The number of anilines is 1. The molecular weight excluding hydrogens is 340 g/mol. The zero-order chi connectivity index (χ0) is 19.3. The third-order valence-corrected chi connectivity index (χ3v) is 6.13. The zero-order valence-corrected chi connectivity index (χ0v) is 16.5. The second-order valence-electron chi connectivity index (χ2n) is 7.63. The minimum absolute atomic E-state index is 0.148. The molecule has 138 valence electrons. The summed E-state index contributed by atoms with van der Waals surface area (Å²) in [7, 11) is 2.16. The molecule has 0 saturated heterocycles. The molecule has 1 atom stereocenters. The van der Waals surface area contributed by atoms with Crippen LogP contribution in [0.3, 0.4) is 0 Å². The normalized spacial score (nSPS) is 15.8. The number of nitrogens with one attached hydrogen (secondary N) is 1.